The second-order valence-corrected chi connectivity index (χ2v) is 3.83. The van der Waals surface area contributed by atoms with Gasteiger partial charge in [0.25, 0.3) is 0 Å². The highest BCUT2D eigenvalue weighted by Crippen LogP contribution is 2.41. The molecule has 0 saturated heterocycles. The molecule has 0 aliphatic rings. The third-order valence-electron chi connectivity index (χ3n) is 2.14. The number of benzene rings is 1. The number of aromatic hydroxyl groups is 1. The number of hydrogen-bond donors (Lipinski definition) is 2. The lowest BCUT2D eigenvalue weighted by Crippen LogP contribution is -2.23. The minimum Gasteiger partial charge on any atom is -0.508 e. The van der Waals surface area contributed by atoms with Crippen molar-refractivity contribution in [1.29, 1.82) is 0 Å². The van der Waals surface area contributed by atoms with E-state index in [1.807, 2.05) is 0 Å². The Morgan fingerprint density at radius 3 is 2.41 bits per heavy atom. The molecule has 0 aliphatic heterocycles. The van der Waals surface area contributed by atoms with Crippen molar-refractivity contribution in [2.45, 2.75) is 18.5 Å². The number of aliphatic carboxylic acids is 1. The highest BCUT2D eigenvalue weighted by Gasteiger charge is 2.43. The van der Waals surface area contributed by atoms with E-state index >= 15 is 0 Å². The monoisotopic (exact) mass is 268 g/mol. The van der Waals surface area contributed by atoms with Gasteiger partial charge in [0.15, 0.2) is 0 Å². The number of halogens is 4. The predicted octanol–water partition coefficient (Wildman–Crippen LogP) is 3.17. The standard InChI is InChI=1S/C10H8ClF3O3/c11-5-1-2-6(8(15)3-5)7(4-9(16)17)10(12,13)14/h1-3,7,15H,4H2,(H,16,17). The molecule has 0 bridgehead atoms. The summed E-state index contributed by atoms with van der Waals surface area (Å²) in [7, 11) is 0. The fraction of sp³-hybridized carbons (Fsp3) is 0.300. The number of rotatable bonds is 3. The third kappa shape index (κ3) is 3.52. The van der Waals surface area contributed by atoms with Crippen molar-refractivity contribution in [2.75, 3.05) is 0 Å². The molecule has 0 radical (unpaired) electrons. The van der Waals surface area contributed by atoms with Gasteiger partial charge in [0.05, 0.1) is 12.3 Å². The summed E-state index contributed by atoms with van der Waals surface area (Å²) in [5.41, 5.74) is -0.496. The van der Waals surface area contributed by atoms with Crippen LogP contribution in [0.1, 0.15) is 17.9 Å². The third-order valence-corrected chi connectivity index (χ3v) is 2.38. The minimum absolute atomic E-state index is 0.0718. The van der Waals surface area contributed by atoms with Crippen molar-refractivity contribution < 1.29 is 28.2 Å². The van der Waals surface area contributed by atoms with Gasteiger partial charge in [0.2, 0.25) is 0 Å². The number of phenolic OH excluding ortho intramolecular Hbond substituents is 1. The summed E-state index contributed by atoms with van der Waals surface area (Å²) in [5.74, 6) is -4.51. The molecule has 0 amide bonds. The van der Waals surface area contributed by atoms with Crippen molar-refractivity contribution in [2.24, 2.45) is 0 Å². The number of carboxylic acid groups (broad SMARTS) is 1. The Hall–Kier alpha value is -1.43. The van der Waals surface area contributed by atoms with Gasteiger partial charge in [-0.3, -0.25) is 4.79 Å². The molecule has 0 fully saturated rings. The van der Waals surface area contributed by atoms with Crippen LogP contribution in [0.4, 0.5) is 13.2 Å². The fourth-order valence-corrected chi connectivity index (χ4v) is 1.55. The van der Waals surface area contributed by atoms with Crippen LogP contribution in [0.25, 0.3) is 0 Å². The van der Waals surface area contributed by atoms with Gasteiger partial charge in [-0.25, -0.2) is 0 Å². The zero-order chi connectivity index (χ0) is 13.2. The van der Waals surface area contributed by atoms with Gasteiger partial charge >= 0.3 is 12.1 Å². The molecule has 1 rings (SSSR count). The van der Waals surface area contributed by atoms with Crippen LogP contribution in [-0.4, -0.2) is 22.4 Å². The van der Waals surface area contributed by atoms with Gasteiger partial charge in [0.1, 0.15) is 5.75 Å². The van der Waals surface area contributed by atoms with Crippen molar-refractivity contribution >= 4 is 17.6 Å². The van der Waals surface area contributed by atoms with Crippen molar-refractivity contribution in [3.63, 3.8) is 0 Å². The van der Waals surface area contributed by atoms with E-state index in [9.17, 15) is 23.1 Å². The predicted molar refractivity (Wildman–Crippen MR) is 54.2 cm³/mol. The lowest BCUT2D eigenvalue weighted by atomic mass is 9.94. The molecule has 1 aromatic rings. The van der Waals surface area contributed by atoms with Crippen LogP contribution in [0.5, 0.6) is 5.75 Å². The van der Waals surface area contributed by atoms with Crippen LogP contribution in [0.3, 0.4) is 0 Å². The van der Waals surface area contributed by atoms with E-state index in [2.05, 4.69) is 0 Å². The smallest absolute Gasteiger partial charge is 0.396 e. The van der Waals surface area contributed by atoms with Crippen molar-refractivity contribution in [3.8, 4) is 5.75 Å². The Morgan fingerprint density at radius 2 is 2.00 bits per heavy atom. The SMILES string of the molecule is O=C(O)CC(c1ccc(Cl)cc1O)C(F)(F)F. The molecular formula is C10H8ClF3O3. The molecular weight excluding hydrogens is 261 g/mol. The topological polar surface area (TPSA) is 57.5 Å². The van der Waals surface area contributed by atoms with Gasteiger partial charge < -0.3 is 10.2 Å². The van der Waals surface area contributed by atoms with Gasteiger partial charge in [-0.05, 0) is 12.1 Å². The van der Waals surface area contributed by atoms with Crippen LogP contribution in [0.2, 0.25) is 5.02 Å². The van der Waals surface area contributed by atoms with E-state index < -0.39 is 35.8 Å². The Kier molecular flexibility index (Phi) is 3.87. The summed E-state index contributed by atoms with van der Waals surface area (Å²) in [4.78, 5) is 10.4. The van der Waals surface area contributed by atoms with Gasteiger partial charge in [-0.1, -0.05) is 17.7 Å². The lowest BCUT2D eigenvalue weighted by molar-refractivity contribution is -0.163. The van der Waals surface area contributed by atoms with Gasteiger partial charge in [-0.15, -0.1) is 0 Å². The molecule has 17 heavy (non-hydrogen) atoms. The summed E-state index contributed by atoms with van der Waals surface area (Å²) in [6.07, 6.45) is -5.89. The summed E-state index contributed by atoms with van der Waals surface area (Å²) < 4.78 is 37.9. The van der Waals surface area contributed by atoms with E-state index in [4.69, 9.17) is 16.7 Å². The average Bonchev–Trinajstić information content (AvgIpc) is 2.13. The van der Waals surface area contributed by atoms with Gasteiger partial charge in [0, 0.05) is 10.6 Å². The maximum absolute atomic E-state index is 12.6. The second-order valence-electron chi connectivity index (χ2n) is 3.40. The number of hydrogen-bond acceptors (Lipinski definition) is 2. The normalized spacial score (nSPS) is 13.4. The number of carboxylic acids is 1. The van der Waals surface area contributed by atoms with E-state index in [1.54, 1.807) is 0 Å². The number of carbonyl (C=O) groups is 1. The van der Waals surface area contributed by atoms with E-state index in [1.165, 1.54) is 0 Å². The van der Waals surface area contributed by atoms with Crippen LogP contribution in [-0.2, 0) is 4.79 Å². The Balaban J connectivity index is 3.17. The Morgan fingerprint density at radius 1 is 1.41 bits per heavy atom. The highest BCUT2D eigenvalue weighted by atomic mass is 35.5. The largest absolute Gasteiger partial charge is 0.508 e. The lowest BCUT2D eigenvalue weighted by Gasteiger charge is -2.19. The van der Waals surface area contributed by atoms with E-state index in [-0.39, 0.29) is 5.02 Å². The first-order valence-electron chi connectivity index (χ1n) is 4.48. The molecule has 1 atom stereocenters. The summed E-state index contributed by atoms with van der Waals surface area (Å²) in [6, 6.07) is 3.08. The van der Waals surface area contributed by atoms with E-state index in [0.717, 1.165) is 18.2 Å². The molecule has 7 heteroatoms. The molecule has 0 saturated carbocycles. The minimum atomic E-state index is -4.75. The van der Waals surface area contributed by atoms with Crippen LogP contribution in [0, 0.1) is 0 Å². The molecule has 94 valence electrons. The Bertz CT molecular complexity index is 431. The van der Waals surface area contributed by atoms with Crippen molar-refractivity contribution in [1.82, 2.24) is 0 Å². The quantitative estimate of drug-likeness (QED) is 0.885. The fourth-order valence-electron chi connectivity index (χ4n) is 1.39. The maximum atomic E-state index is 12.6. The first kappa shape index (κ1) is 13.6. The molecule has 1 aromatic carbocycles. The first-order valence-corrected chi connectivity index (χ1v) is 4.86. The molecule has 1 unspecified atom stereocenters. The Labute approximate surface area is 99.4 Å². The highest BCUT2D eigenvalue weighted by molar-refractivity contribution is 6.30. The molecule has 2 N–H and O–H groups in total. The summed E-state index contributed by atoms with van der Waals surface area (Å²) >= 11 is 5.48. The summed E-state index contributed by atoms with van der Waals surface area (Å²) in [6.45, 7) is 0. The van der Waals surface area contributed by atoms with Crippen LogP contribution in [0.15, 0.2) is 18.2 Å². The second kappa shape index (κ2) is 4.83. The molecule has 3 nitrogen and oxygen atoms in total. The average molecular weight is 269 g/mol. The number of phenols is 1. The number of alkyl halides is 3. The zero-order valence-electron chi connectivity index (χ0n) is 8.33. The maximum Gasteiger partial charge on any atom is 0.396 e. The van der Waals surface area contributed by atoms with Crippen LogP contribution < -0.4 is 0 Å². The van der Waals surface area contributed by atoms with Crippen molar-refractivity contribution in [3.05, 3.63) is 28.8 Å². The van der Waals surface area contributed by atoms with Gasteiger partial charge in [-0.2, -0.15) is 13.2 Å². The first-order chi connectivity index (χ1) is 7.71. The van der Waals surface area contributed by atoms with Crippen LogP contribution >= 0.6 is 11.6 Å². The molecule has 0 aliphatic carbocycles. The molecule has 0 heterocycles. The van der Waals surface area contributed by atoms with E-state index in [0.29, 0.717) is 0 Å². The molecule has 0 aromatic heterocycles. The summed E-state index contributed by atoms with van der Waals surface area (Å²) in [5, 5.41) is 17.9. The molecule has 0 spiro atoms. The zero-order valence-corrected chi connectivity index (χ0v) is 9.09.